The van der Waals surface area contributed by atoms with Gasteiger partial charge in [-0.15, -0.1) is 0 Å². The number of rotatable bonds is 7. The van der Waals surface area contributed by atoms with Crippen LogP contribution in [0.3, 0.4) is 0 Å². The Bertz CT molecular complexity index is 1210. The number of pyridine rings is 1. The van der Waals surface area contributed by atoms with E-state index in [0.717, 1.165) is 17.8 Å². The molecular formula is C27H27F2N3O4. The molecule has 0 aliphatic heterocycles. The van der Waals surface area contributed by atoms with Crippen LogP contribution in [0.2, 0.25) is 0 Å². The number of hydrogen-bond donors (Lipinski definition) is 2. The van der Waals surface area contributed by atoms with Gasteiger partial charge in [-0.05, 0) is 73.7 Å². The van der Waals surface area contributed by atoms with Crippen LogP contribution in [0.4, 0.5) is 8.78 Å². The first kappa shape index (κ1) is 25.1. The summed E-state index contributed by atoms with van der Waals surface area (Å²) in [6, 6.07) is 12.9. The van der Waals surface area contributed by atoms with Gasteiger partial charge in [-0.25, -0.2) is 13.8 Å². The molecule has 1 saturated carbocycles. The molecule has 3 aromatic rings. The molecule has 1 heterocycles. The molecule has 188 valence electrons. The molecular weight excluding hydrogens is 468 g/mol. The van der Waals surface area contributed by atoms with E-state index < -0.39 is 17.5 Å². The van der Waals surface area contributed by atoms with Crippen molar-refractivity contribution in [2.45, 2.75) is 51.2 Å². The van der Waals surface area contributed by atoms with E-state index in [1.54, 1.807) is 24.3 Å². The van der Waals surface area contributed by atoms with Crippen LogP contribution in [-0.2, 0) is 11.3 Å². The van der Waals surface area contributed by atoms with Crippen molar-refractivity contribution in [3.8, 4) is 17.4 Å². The lowest BCUT2D eigenvalue weighted by molar-refractivity contribution is -0.132. The number of carbonyl (C=O) groups is 2. The largest absolute Gasteiger partial charge is 0.508 e. The number of nitrogens with zero attached hydrogens (tertiary/aromatic N) is 2. The highest BCUT2D eigenvalue weighted by Crippen LogP contribution is 2.27. The van der Waals surface area contributed by atoms with Crippen molar-refractivity contribution in [1.82, 2.24) is 15.2 Å². The summed E-state index contributed by atoms with van der Waals surface area (Å²) in [5.74, 6) is -1.31. The minimum atomic E-state index is -0.679. The normalized spacial score (nSPS) is 17.3. The third kappa shape index (κ3) is 6.35. The molecule has 1 aliphatic carbocycles. The molecule has 7 nitrogen and oxygen atoms in total. The molecule has 0 spiro atoms. The fourth-order valence-electron chi connectivity index (χ4n) is 4.38. The van der Waals surface area contributed by atoms with E-state index in [4.69, 9.17) is 4.74 Å². The second kappa shape index (κ2) is 11.2. The van der Waals surface area contributed by atoms with E-state index in [2.05, 4.69) is 10.3 Å². The molecule has 1 aromatic heterocycles. The summed E-state index contributed by atoms with van der Waals surface area (Å²) >= 11 is 0. The van der Waals surface area contributed by atoms with Gasteiger partial charge in [-0.2, -0.15) is 0 Å². The van der Waals surface area contributed by atoms with E-state index in [1.807, 2.05) is 4.90 Å². The van der Waals surface area contributed by atoms with Crippen molar-refractivity contribution in [1.29, 1.82) is 0 Å². The van der Waals surface area contributed by atoms with Gasteiger partial charge >= 0.3 is 0 Å². The second-order valence-corrected chi connectivity index (χ2v) is 8.85. The van der Waals surface area contributed by atoms with Crippen molar-refractivity contribution in [3.63, 3.8) is 0 Å². The first-order chi connectivity index (χ1) is 17.3. The van der Waals surface area contributed by atoms with Crippen LogP contribution in [0, 0.1) is 11.6 Å². The standard InChI is InChI=1S/C27H27F2N3O4/c1-17(33)32(16-18-2-10-23(34)11-3-18)22-8-6-21(7-9-22)31-26(35)25-14-20(29)15-30-27(25)36-24-12-4-19(28)5-13-24/h2-5,10-15,21-22,34H,6-9,16H2,1H3,(H,31,35). The SMILES string of the molecule is CC(=O)N(Cc1ccc(O)cc1)C1CCC(NC(=O)c2cc(F)cnc2Oc2ccc(F)cc2)CC1. The van der Waals surface area contributed by atoms with Crippen LogP contribution in [0.25, 0.3) is 0 Å². The van der Waals surface area contributed by atoms with Crippen molar-refractivity contribution in [3.05, 3.63) is 83.6 Å². The highest BCUT2D eigenvalue weighted by Gasteiger charge is 2.29. The Morgan fingerprint density at radius 3 is 2.33 bits per heavy atom. The van der Waals surface area contributed by atoms with E-state index in [9.17, 15) is 23.5 Å². The molecule has 2 N–H and O–H groups in total. The predicted molar refractivity (Wildman–Crippen MR) is 129 cm³/mol. The first-order valence-corrected chi connectivity index (χ1v) is 11.7. The Morgan fingerprint density at radius 2 is 1.69 bits per heavy atom. The molecule has 0 unspecified atom stereocenters. The minimum Gasteiger partial charge on any atom is -0.508 e. The van der Waals surface area contributed by atoms with Crippen LogP contribution in [0.1, 0.15) is 48.5 Å². The van der Waals surface area contributed by atoms with Crippen LogP contribution in [0.15, 0.2) is 60.8 Å². The number of nitrogens with one attached hydrogen (secondary N) is 1. The molecule has 1 aliphatic rings. The topological polar surface area (TPSA) is 91.8 Å². The highest BCUT2D eigenvalue weighted by molar-refractivity contribution is 5.96. The maximum Gasteiger partial charge on any atom is 0.257 e. The fraction of sp³-hybridized carbons (Fsp3) is 0.296. The van der Waals surface area contributed by atoms with Gasteiger partial charge in [0, 0.05) is 25.6 Å². The minimum absolute atomic E-state index is 0.0256. The van der Waals surface area contributed by atoms with E-state index >= 15 is 0 Å². The van der Waals surface area contributed by atoms with Gasteiger partial charge in [0.1, 0.15) is 28.7 Å². The summed E-state index contributed by atoms with van der Waals surface area (Å²) < 4.78 is 32.7. The van der Waals surface area contributed by atoms with Gasteiger partial charge in [0.25, 0.3) is 5.91 Å². The third-order valence-electron chi connectivity index (χ3n) is 6.26. The highest BCUT2D eigenvalue weighted by atomic mass is 19.1. The molecule has 0 saturated heterocycles. The van der Waals surface area contributed by atoms with Gasteiger partial charge in [0.2, 0.25) is 11.8 Å². The zero-order valence-corrected chi connectivity index (χ0v) is 19.8. The van der Waals surface area contributed by atoms with Crippen LogP contribution >= 0.6 is 0 Å². The molecule has 1 fully saturated rings. The Balaban J connectivity index is 1.38. The maximum atomic E-state index is 13.9. The number of carbonyl (C=O) groups excluding carboxylic acids is 2. The van der Waals surface area contributed by atoms with Gasteiger partial charge in [0.15, 0.2) is 0 Å². The molecule has 0 bridgehead atoms. The quantitative estimate of drug-likeness (QED) is 0.484. The number of aromatic hydroxyl groups is 1. The number of benzene rings is 2. The maximum absolute atomic E-state index is 13.9. The van der Waals surface area contributed by atoms with Crippen LogP contribution < -0.4 is 10.1 Å². The van der Waals surface area contributed by atoms with E-state index in [-0.39, 0.29) is 40.9 Å². The summed E-state index contributed by atoms with van der Waals surface area (Å²) in [5.41, 5.74) is 0.866. The van der Waals surface area contributed by atoms with Crippen molar-refractivity contribution < 1.29 is 28.2 Å². The number of ether oxygens (including phenoxy) is 1. The lowest BCUT2D eigenvalue weighted by Crippen LogP contribution is -2.45. The van der Waals surface area contributed by atoms with Crippen LogP contribution in [0.5, 0.6) is 17.4 Å². The van der Waals surface area contributed by atoms with Gasteiger partial charge in [0.05, 0.1) is 6.20 Å². The Morgan fingerprint density at radius 1 is 1.03 bits per heavy atom. The second-order valence-electron chi connectivity index (χ2n) is 8.85. The third-order valence-corrected chi connectivity index (χ3v) is 6.26. The number of hydrogen-bond acceptors (Lipinski definition) is 5. The monoisotopic (exact) mass is 495 g/mol. The number of phenolic OH excluding ortho intramolecular Hbond substituents is 1. The number of amides is 2. The summed E-state index contributed by atoms with van der Waals surface area (Å²) in [4.78, 5) is 31.0. The van der Waals surface area contributed by atoms with E-state index in [1.165, 1.54) is 31.2 Å². The van der Waals surface area contributed by atoms with Gasteiger partial charge in [-0.1, -0.05) is 12.1 Å². The summed E-state index contributed by atoms with van der Waals surface area (Å²) in [6.07, 6.45) is 3.64. The Kier molecular flexibility index (Phi) is 7.77. The lowest BCUT2D eigenvalue weighted by Gasteiger charge is -2.37. The van der Waals surface area contributed by atoms with E-state index in [0.29, 0.717) is 32.2 Å². The summed E-state index contributed by atoms with van der Waals surface area (Å²) in [5, 5.41) is 12.4. The van der Waals surface area contributed by atoms with Crippen LogP contribution in [-0.4, -0.2) is 38.9 Å². The Labute approximate surface area is 207 Å². The summed E-state index contributed by atoms with van der Waals surface area (Å²) in [6.45, 7) is 1.98. The van der Waals surface area contributed by atoms with Crippen molar-refractivity contribution >= 4 is 11.8 Å². The smallest absolute Gasteiger partial charge is 0.257 e. The average molecular weight is 496 g/mol. The molecule has 0 radical (unpaired) electrons. The molecule has 36 heavy (non-hydrogen) atoms. The summed E-state index contributed by atoms with van der Waals surface area (Å²) in [7, 11) is 0. The Hall–Kier alpha value is -4.01. The number of halogens is 2. The molecule has 9 heteroatoms. The fourth-order valence-corrected chi connectivity index (χ4v) is 4.38. The number of aromatic nitrogens is 1. The first-order valence-electron chi connectivity index (χ1n) is 11.7. The number of phenols is 1. The molecule has 2 amide bonds. The average Bonchev–Trinajstić information content (AvgIpc) is 2.86. The van der Waals surface area contributed by atoms with Gasteiger partial charge < -0.3 is 20.1 Å². The van der Waals surface area contributed by atoms with Crippen molar-refractivity contribution in [2.75, 3.05) is 0 Å². The zero-order chi connectivity index (χ0) is 25.7. The molecule has 4 rings (SSSR count). The van der Waals surface area contributed by atoms with Crippen molar-refractivity contribution in [2.24, 2.45) is 0 Å². The predicted octanol–water partition coefficient (Wildman–Crippen LogP) is 4.95. The molecule has 0 atom stereocenters. The molecule has 2 aromatic carbocycles. The van der Waals surface area contributed by atoms with Gasteiger partial charge in [-0.3, -0.25) is 9.59 Å². The zero-order valence-electron chi connectivity index (χ0n) is 19.8. The lowest BCUT2D eigenvalue weighted by atomic mass is 9.89.